The Bertz CT molecular complexity index is 144. The minimum absolute atomic E-state index is 0.110. The molecule has 2 heteroatoms. The molecule has 0 aromatic rings. The molecule has 78 valence electrons. The third-order valence-corrected chi connectivity index (χ3v) is 3.60. The highest BCUT2D eigenvalue weighted by atomic mass is 14.7. The number of hydrogen-bond donors (Lipinski definition) is 2. The van der Waals surface area contributed by atoms with Gasteiger partial charge in [-0.3, -0.25) is 0 Å². The maximum absolute atomic E-state index is 6.09. The van der Waals surface area contributed by atoms with Crippen LogP contribution in [0.2, 0.25) is 0 Å². The minimum Gasteiger partial charge on any atom is -0.330 e. The van der Waals surface area contributed by atoms with Gasteiger partial charge in [0.1, 0.15) is 0 Å². The molecule has 0 bridgehead atoms. The van der Waals surface area contributed by atoms with Gasteiger partial charge in [0, 0.05) is 5.54 Å². The molecule has 1 aliphatic rings. The molecule has 0 aromatic heterocycles. The van der Waals surface area contributed by atoms with Crippen LogP contribution >= 0.6 is 0 Å². The molecule has 0 heterocycles. The first-order valence-corrected chi connectivity index (χ1v) is 5.54. The van der Waals surface area contributed by atoms with Crippen molar-refractivity contribution in [3.8, 4) is 0 Å². The Morgan fingerprint density at radius 2 is 1.92 bits per heavy atom. The van der Waals surface area contributed by atoms with Gasteiger partial charge in [0.25, 0.3) is 0 Å². The van der Waals surface area contributed by atoms with Crippen LogP contribution in [0.1, 0.15) is 46.0 Å². The van der Waals surface area contributed by atoms with Crippen LogP contribution in [0.5, 0.6) is 0 Å². The molecule has 0 aliphatic heterocycles. The van der Waals surface area contributed by atoms with Crippen molar-refractivity contribution >= 4 is 0 Å². The fourth-order valence-corrected chi connectivity index (χ4v) is 2.37. The quantitative estimate of drug-likeness (QED) is 0.703. The van der Waals surface area contributed by atoms with Crippen molar-refractivity contribution in [1.29, 1.82) is 0 Å². The number of nitrogens with two attached hydrogens (primary N) is 2. The second-order valence-electron chi connectivity index (χ2n) is 5.05. The Morgan fingerprint density at radius 1 is 1.38 bits per heavy atom. The largest absolute Gasteiger partial charge is 0.330 e. The highest BCUT2D eigenvalue weighted by Crippen LogP contribution is 2.35. The lowest BCUT2D eigenvalue weighted by Gasteiger charge is -2.36. The summed E-state index contributed by atoms with van der Waals surface area (Å²) in [6.45, 7) is 5.34. The van der Waals surface area contributed by atoms with E-state index in [1.165, 1.54) is 32.1 Å². The molecule has 1 atom stereocenters. The summed E-state index contributed by atoms with van der Waals surface area (Å²) in [6.07, 6.45) is 6.15. The number of hydrogen-bond acceptors (Lipinski definition) is 2. The Balaban J connectivity index is 2.32. The van der Waals surface area contributed by atoms with E-state index in [0.717, 1.165) is 18.4 Å². The molecule has 0 aromatic carbocycles. The van der Waals surface area contributed by atoms with E-state index in [9.17, 15) is 0 Å². The highest BCUT2D eigenvalue weighted by Gasteiger charge is 2.29. The van der Waals surface area contributed by atoms with Crippen LogP contribution in [0.25, 0.3) is 0 Å². The zero-order chi connectivity index (χ0) is 9.90. The van der Waals surface area contributed by atoms with Crippen LogP contribution in [0.3, 0.4) is 0 Å². The topological polar surface area (TPSA) is 52.0 Å². The van der Waals surface area contributed by atoms with Gasteiger partial charge in [0.2, 0.25) is 0 Å². The molecule has 0 saturated heterocycles. The van der Waals surface area contributed by atoms with Gasteiger partial charge in [-0.15, -0.1) is 0 Å². The van der Waals surface area contributed by atoms with Gasteiger partial charge in [-0.2, -0.15) is 0 Å². The van der Waals surface area contributed by atoms with Gasteiger partial charge < -0.3 is 11.5 Å². The predicted octanol–water partition coefficient (Wildman–Crippen LogP) is 1.88. The Labute approximate surface area is 82.1 Å². The summed E-state index contributed by atoms with van der Waals surface area (Å²) < 4.78 is 0. The highest BCUT2D eigenvalue weighted by molar-refractivity contribution is 4.86. The van der Waals surface area contributed by atoms with Gasteiger partial charge in [-0.25, -0.2) is 0 Å². The van der Waals surface area contributed by atoms with Gasteiger partial charge in [-0.05, 0) is 57.4 Å². The summed E-state index contributed by atoms with van der Waals surface area (Å²) in [5.41, 5.74) is 11.8. The molecule has 1 rings (SSSR count). The molecule has 0 radical (unpaired) electrons. The van der Waals surface area contributed by atoms with E-state index in [4.69, 9.17) is 11.5 Å². The molecule has 1 saturated carbocycles. The molecule has 1 unspecified atom stereocenters. The molecular weight excluding hydrogens is 160 g/mol. The second kappa shape index (κ2) is 4.43. The maximum atomic E-state index is 6.09. The summed E-state index contributed by atoms with van der Waals surface area (Å²) in [5.74, 6) is 1.67. The van der Waals surface area contributed by atoms with Crippen molar-refractivity contribution in [2.75, 3.05) is 6.54 Å². The molecule has 2 nitrogen and oxygen atoms in total. The Hall–Kier alpha value is -0.0800. The first-order valence-electron chi connectivity index (χ1n) is 5.54. The van der Waals surface area contributed by atoms with Gasteiger partial charge in [-0.1, -0.05) is 6.92 Å². The Morgan fingerprint density at radius 3 is 2.38 bits per heavy atom. The van der Waals surface area contributed by atoms with Crippen molar-refractivity contribution < 1.29 is 0 Å². The average molecular weight is 184 g/mol. The average Bonchev–Trinajstić information content (AvgIpc) is 2.04. The number of rotatable bonds is 3. The van der Waals surface area contributed by atoms with E-state index in [2.05, 4.69) is 13.8 Å². The van der Waals surface area contributed by atoms with E-state index in [-0.39, 0.29) is 5.54 Å². The summed E-state index contributed by atoms with van der Waals surface area (Å²) in [4.78, 5) is 0. The van der Waals surface area contributed by atoms with Crippen molar-refractivity contribution in [2.45, 2.75) is 51.5 Å². The van der Waals surface area contributed by atoms with Crippen molar-refractivity contribution in [3.63, 3.8) is 0 Å². The molecule has 13 heavy (non-hydrogen) atoms. The van der Waals surface area contributed by atoms with Crippen LogP contribution < -0.4 is 11.5 Å². The molecule has 0 amide bonds. The van der Waals surface area contributed by atoms with Crippen molar-refractivity contribution in [2.24, 2.45) is 23.3 Å². The third kappa shape index (κ3) is 3.28. The van der Waals surface area contributed by atoms with Gasteiger partial charge >= 0.3 is 0 Å². The lowest BCUT2D eigenvalue weighted by atomic mass is 9.73. The zero-order valence-corrected chi connectivity index (χ0v) is 9.05. The van der Waals surface area contributed by atoms with Crippen LogP contribution in [-0.2, 0) is 0 Å². The predicted molar refractivity (Wildman–Crippen MR) is 57.4 cm³/mol. The van der Waals surface area contributed by atoms with E-state index in [1.54, 1.807) is 0 Å². The summed E-state index contributed by atoms with van der Waals surface area (Å²) in [7, 11) is 0. The Kier molecular flexibility index (Phi) is 3.74. The standard InChI is InChI=1S/C11H24N2/c1-9(5-8-12)10-3-6-11(2,13)7-4-10/h9-10H,3-8,12-13H2,1-2H3. The van der Waals surface area contributed by atoms with E-state index >= 15 is 0 Å². The van der Waals surface area contributed by atoms with Crippen molar-refractivity contribution in [3.05, 3.63) is 0 Å². The van der Waals surface area contributed by atoms with Crippen LogP contribution in [-0.4, -0.2) is 12.1 Å². The lowest BCUT2D eigenvalue weighted by Crippen LogP contribution is -2.41. The van der Waals surface area contributed by atoms with Gasteiger partial charge in [0.05, 0.1) is 0 Å². The fraction of sp³-hybridized carbons (Fsp3) is 1.00. The van der Waals surface area contributed by atoms with Crippen LogP contribution in [0.4, 0.5) is 0 Å². The third-order valence-electron chi connectivity index (χ3n) is 3.60. The van der Waals surface area contributed by atoms with E-state index in [0.29, 0.717) is 0 Å². The second-order valence-corrected chi connectivity index (χ2v) is 5.05. The minimum atomic E-state index is 0.110. The maximum Gasteiger partial charge on any atom is 0.0126 e. The van der Waals surface area contributed by atoms with Crippen molar-refractivity contribution in [1.82, 2.24) is 0 Å². The monoisotopic (exact) mass is 184 g/mol. The zero-order valence-electron chi connectivity index (χ0n) is 9.05. The smallest absolute Gasteiger partial charge is 0.0126 e. The van der Waals surface area contributed by atoms with Crippen LogP contribution in [0.15, 0.2) is 0 Å². The van der Waals surface area contributed by atoms with Crippen LogP contribution in [0, 0.1) is 11.8 Å². The molecule has 1 fully saturated rings. The molecule has 0 spiro atoms. The fourth-order valence-electron chi connectivity index (χ4n) is 2.37. The lowest BCUT2D eigenvalue weighted by molar-refractivity contribution is 0.194. The normalized spacial score (nSPS) is 37.4. The summed E-state index contributed by atoms with van der Waals surface area (Å²) in [5, 5.41) is 0. The first kappa shape index (κ1) is 11.0. The SMILES string of the molecule is CC(CCN)C1CCC(C)(N)CC1. The first-order chi connectivity index (χ1) is 6.05. The van der Waals surface area contributed by atoms with E-state index < -0.39 is 0 Å². The summed E-state index contributed by atoms with van der Waals surface area (Å²) >= 11 is 0. The molecular formula is C11H24N2. The van der Waals surface area contributed by atoms with Gasteiger partial charge in [0.15, 0.2) is 0 Å². The van der Waals surface area contributed by atoms with E-state index in [1.807, 2.05) is 0 Å². The molecule has 4 N–H and O–H groups in total. The summed E-state index contributed by atoms with van der Waals surface area (Å²) in [6, 6.07) is 0. The molecule has 1 aliphatic carbocycles.